The number of benzene rings is 1. The van der Waals surface area contributed by atoms with Gasteiger partial charge in [-0.3, -0.25) is 4.79 Å². The zero-order chi connectivity index (χ0) is 13.7. The minimum Gasteiger partial charge on any atom is -0.307 e. The average molecular weight is 259 g/mol. The van der Waals surface area contributed by atoms with Crippen molar-refractivity contribution >= 4 is 5.78 Å². The number of ketones is 1. The molecule has 1 fully saturated rings. The molecule has 0 bridgehead atoms. The van der Waals surface area contributed by atoms with Gasteiger partial charge in [0.15, 0.2) is 5.78 Å². The van der Waals surface area contributed by atoms with Gasteiger partial charge in [-0.2, -0.15) is 0 Å². The van der Waals surface area contributed by atoms with E-state index in [1.54, 1.807) is 0 Å². The summed E-state index contributed by atoms with van der Waals surface area (Å²) in [7, 11) is 0. The maximum absolute atomic E-state index is 12.1. The summed E-state index contributed by atoms with van der Waals surface area (Å²) in [6, 6.07) is 8.69. The van der Waals surface area contributed by atoms with Gasteiger partial charge < -0.3 is 5.32 Å². The van der Waals surface area contributed by atoms with Gasteiger partial charge in [0.2, 0.25) is 0 Å². The molecule has 104 valence electrons. The van der Waals surface area contributed by atoms with Gasteiger partial charge in [0, 0.05) is 11.6 Å². The second-order valence-electron chi connectivity index (χ2n) is 5.72. The molecule has 0 aliphatic heterocycles. The highest BCUT2D eigenvalue weighted by atomic mass is 16.1. The lowest BCUT2D eigenvalue weighted by Crippen LogP contribution is -2.31. The van der Waals surface area contributed by atoms with E-state index in [-0.39, 0.29) is 5.78 Å². The Balaban J connectivity index is 1.88. The Hall–Kier alpha value is -1.15. The van der Waals surface area contributed by atoms with Gasteiger partial charge in [-0.1, -0.05) is 51.0 Å². The number of hydrogen-bond donors (Lipinski definition) is 1. The normalized spacial score (nSPS) is 17.6. The molecule has 1 saturated carbocycles. The van der Waals surface area contributed by atoms with Crippen molar-refractivity contribution in [2.24, 2.45) is 0 Å². The predicted octanol–water partition coefficient (Wildman–Crippen LogP) is 3.92. The van der Waals surface area contributed by atoms with E-state index in [9.17, 15) is 4.79 Å². The molecule has 0 saturated heterocycles. The highest BCUT2D eigenvalue weighted by Crippen LogP contribution is 2.19. The number of hydrogen-bond acceptors (Lipinski definition) is 2. The van der Waals surface area contributed by atoms with Crippen molar-refractivity contribution < 1.29 is 4.79 Å². The maximum atomic E-state index is 12.1. The molecule has 0 radical (unpaired) electrons. The molecule has 0 aromatic heterocycles. The van der Waals surface area contributed by atoms with Crippen molar-refractivity contribution in [2.75, 3.05) is 6.54 Å². The molecule has 1 unspecified atom stereocenters. The second kappa shape index (κ2) is 6.85. The Morgan fingerprint density at radius 3 is 2.47 bits per heavy atom. The first-order chi connectivity index (χ1) is 9.20. The largest absolute Gasteiger partial charge is 0.307 e. The molecule has 1 atom stereocenters. The first kappa shape index (κ1) is 14.3. The third-order valence-corrected chi connectivity index (χ3v) is 4.32. The van der Waals surface area contributed by atoms with Crippen LogP contribution in [0.2, 0.25) is 0 Å². The highest BCUT2D eigenvalue weighted by Gasteiger charge is 2.15. The Kier molecular flexibility index (Phi) is 5.15. The second-order valence-corrected chi connectivity index (χ2v) is 5.72. The first-order valence-electron chi connectivity index (χ1n) is 7.57. The van der Waals surface area contributed by atoms with E-state index >= 15 is 0 Å². The first-order valence-corrected chi connectivity index (χ1v) is 7.57. The van der Waals surface area contributed by atoms with Crippen LogP contribution < -0.4 is 5.32 Å². The SMILES string of the molecule is CCC(C)c1ccc(C(=O)CNC2CCCC2)cc1. The summed E-state index contributed by atoms with van der Waals surface area (Å²) in [4.78, 5) is 12.1. The lowest BCUT2D eigenvalue weighted by atomic mass is 9.97. The zero-order valence-corrected chi connectivity index (χ0v) is 12.1. The van der Waals surface area contributed by atoms with Crippen LogP contribution in [0.15, 0.2) is 24.3 Å². The fourth-order valence-electron chi connectivity index (χ4n) is 2.70. The monoisotopic (exact) mass is 259 g/mol. The summed E-state index contributed by atoms with van der Waals surface area (Å²) in [6.45, 7) is 4.89. The lowest BCUT2D eigenvalue weighted by molar-refractivity contribution is 0.0987. The van der Waals surface area contributed by atoms with Gasteiger partial charge in [-0.15, -0.1) is 0 Å². The van der Waals surface area contributed by atoms with Crippen LogP contribution in [-0.2, 0) is 0 Å². The number of carbonyl (C=O) groups excluding carboxylic acids is 1. The summed E-state index contributed by atoms with van der Waals surface area (Å²) in [5.41, 5.74) is 2.15. The van der Waals surface area contributed by atoms with E-state index in [0.29, 0.717) is 18.5 Å². The van der Waals surface area contributed by atoms with Crippen LogP contribution in [0, 0.1) is 0 Å². The third-order valence-electron chi connectivity index (χ3n) is 4.32. The molecule has 0 amide bonds. The maximum Gasteiger partial charge on any atom is 0.176 e. The molecule has 19 heavy (non-hydrogen) atoms. The van der Waals surface area contributed by atoms with Gasteiger partial charge in [0.05, 0.1) is 6.54 Å². The fourth-order valence-corrected chi connectivity index (χ4v) is 2.70. The van der Waals surface area contributed by atoms with Crippen molar-refractivity contribution in [2.45, 2.75) is 57.9 Å². The third kappa shape index (κ3) is 3.90. The smallest absolute Gasteiger partial charge is 0.176 e. The molecule has 2 nitrogen and oxygen atoms in total. The summed E-state index contributed by atoms with van der Waals surface area (Å²) < 4.78 is 0. The number of carbonyl (C=O) groups is 1. The van der Waals surface area contributed by atoms with E-state index in [0.717, 1.165) is 12.0 Å². The van der Waals surface area contributed by atoms with E-state index in [2.05, 4.69) is 31.3 Å². The van der Waals surface area contributed by atoms with Crippen molar-refractivity contribution in [3.8, 4) is 0 Å². The Morgan fingerprint density at radius 2 is 1.89 bits per heavy atom. The van der Waals surface area contributed by atoms with Crippen LogP contribution in [-0.4, -0.2) is 18.4 Å². The summed E-state index contributed by atoms with van der Waals surface area (Å²) in [5, 5.41) is 3.38. The van der Waals surface area contributed by atoms with E-state index < -0.39 is 0 Å². The molecule has 1 N–H and O–H groups in total. The number of nitrogens with one attached hydrogen (secondary N) is 1. The van der Waals surface area contributed by atoms with Crippen LogP contribution in [0.25, 0.3) is 0 Å². The molecule has 1 aliphatic rings. The van der Waals surface area contributed by atoms with Gasteiger partial charge in [0.25, 0.3) is 0 Å². The molecule has 2 heteroatoms. The Bertz CT molecular complexity index is 404. The van der Waals surface area contributed by atoms with Crippen molar-refractivity contribution in [1.29, 1.82) is 0 Å². The van der Waals surface area contributed by atoms with E-state index in [4.69, 9.17) is 0 Å². The molecule has 1 aromatic rings. The molecule has 1 aliphatic carbocycles. The number of Topliss-reactive ketones (excluding diaryl/α,β-unsaturated/α-hetero) is 1. The van der Waals surface area contributed by atoms with E-state index in [1.807, 2.05) is 12.1 Å². The van der Waals surface area contributed by atoms with Gasteiger partial charge >= 0.3 is 0 Å². The quantitative estimate of drug-likeness (QED) is 0.785. The minimum absolute atomic E-state index is 0.211. The van der Waals surface area contributed by atoms with Crippen LogP contribution in [0.1, 0.15) is 67.8 Å². The highest BCUT2D eigenvalue weighted by molar-refractivity contribution is 5.97. The molecular weight excluding hydrogens is 234 g/mol. The summed E-state index contributed by atoms with van der Waals surface area (Å²) in [5.74, 6) is 0.781. The predicted molar refractivity (Wildman–Crippen MR) is 79.7 cm³/mol. The number of rotatable bonds is 6. The Morgan fingerprint density at radius 1 is 1.26 bits per heavy atom. The van der Waals surface area contributed by atoms with Gasteiger partial charge in [-0.25, -0.2) is 0 Å². The van der Waals surface area contributed by atoms with Crippen molar-refractivity contribution in [3.63, 3.8) is 0 Å². The van der Waals surface area contributed by atoms with Crippen LogP contribution in [0.4, 0.5) is 0 Å². The van der Waals surface area contributed by atoms with Gasteiger partial charge in [0.1, 0.15) is 0 Å². The lowest BCUT2D eigenvalue weighted by Gasteiger charge is -2.12. The van der Waals surface area contributed by atoms with Crippen LogP contribution >= 0.6 is 0 Å². The topological polar surface area (TPSA) is 29.1 Å². The Labute approximate surface area is 116 Å². The standard InChI is InChI=1S/C17H25NO/c1-3-13(2)14-8-10-15(11-9-14)17(19)12-18-16-6-4-5-7-16/h8-11,13,16,18H,3-7,12H2,1-2H3. The minimum atomic E-state index is 0.211. The molecule has 2 rings (SSSR count). The summed E-state index contributed by atoms with van der Waals surface area (Å²) in [6.07, 6.45) is 6.18. The van der Waals surface area contributed by atoms with Crippen LogP contribution in [0.3, 0.4) is 0 Å². The molecule has 0 spiro atoms. The molecule has 1 aromatic carbocycles. The fraction of sp³-hybridized carbons (Fsp3) is 0.588. The summed E-state index contributed by atoms with van der Waals surface area (Å²) >= 11 is 0. The van der Waals surface area contributed by atoms with Gasteiger partial charge in [-0.05, 0) is 30.7 Å². The average Bonchev–Trinajstić information content (AvgIpc) is 2.97. The van der Waals surface area contributed by atoms with Crippen molar-refractivity contribution in [3.05, 3.63) is 35.4 Å². The molecular formula is C17H25NO. The molecule has 0 heterocycles. The zero-order valence-electron chi connectivity index (χ0n) is 12.1. The van der Waals surface area contributed by atoms with E-state index in [1.165, 1.54) is 31.2 Å². The van der Waals surface area contributed by atoms with Crippen molar-refractivity contribution in [1.82, 2.24) is 5.32 Å². The van der Waals surface area contributed by atoms with Crippen LogP contribution in [0.5, 0.6) is 0 Å².